The number of carboxylic acids is 1. The lowest BCUT2D eigenvalue weighted by molar-refractivity contribution is 0.0697. The maximum Gasteiger partial charge on any atom is 0.335 e. The van der Waals surface area contributed by atoms with Gasteiger partial charge in [-0.1, -0.05) is 53.5 Å². The second-order valence-electron chi connectivity index (χ2n) is 6.56. The summed E-state index contributed by atoms with van der Waals surface area (Å²) in [5.74, 6) is -0.713. The zero-order valence-electron chi connectivity index (χ0n) is 13.9. The van der Waals surface area contributed by atoms with E-state index in [1.54, 1.807) is 24.3 Å². The second kappa shape index (κ2) is 6.79. The van der Waals surface area contributed by atoms with E-state index >= 15 is 0 Å². The minimum absolute atomic E-state index is 0.207. The van der Waals surface area contributed by atoms with Crippen molar-refractivity contribution in [1.82, 2.24) is 0 Å². The number of hydrogen-bond acceptors (Lipinski definition) is 1. The first kappa shape index (κ1) is 17.1. The van der Waals surface area contributed by atoms with Crippen LogP contribution in [0.25, 0.3) is 11.1 Å². The van der Waals surface area contributed by atoms with E-state index in [0.717, 1.165) is 34.6 Å². The van der Waals surface area contributed by atoms with Gasteiger partial charge in [0.2, 0.25) is 0 Å². The highest BCUT2D eigenvalue weighted by Gasteiger charge is 2.26. The maximum atomic E-state index is 11.3. The number of fused-ring (bicyclic) bond motifs is 1. The molecule has 0 saturated heterocycles. The van der Waals surface area contributed by atoms with Gasteiger partial charge in [0.1, 0.15) is 0 Å². The summed E-state index contributed by atoms with van der Waals surface area (Å²) >= 11 is 12.6. The highest BCUT2D eigenvalue weighted by molar-refractivity contribution is 6.33. The number of hydrogen-bond donors (Lipinski definition) is 1. The predicted octanol–water partition coefficient (Wildman–Crippen LogP) is 6.44. The van der Waals surface area contributed by atoms with Gasteiger partial charge >= 0.3 is 5.97 Å². The molecule has 1 atom stereocenters. The molecule has 4 heteroatoms. The lowest BCUT2D eigenvalue weighted by atomic mass is 9.90. The molecular formula is C22H16Cl2O2. The van der Waals surface area contributed by atoms with Crippen LogP contribution in [-0.2, 0) is 6.42 Å². The smallest absolute Gasteiger partial charge is 0.335 e. The Kier molecular flexibility index (Phi) is 4.47. The molecule has 0 aromatic heterocycles. The van der Waals surface area contributed by atoms with Crippen molar-refractivity contribution in [2.75, 3.05) is 0 Å². The first-order valence-corrected chi connectivity index (χ1v) is 9.20. The van der Waals surface area contributed by atoms with Gasteiger partial charge in [-0.25, -0.2) is 4.79 Å². The summed E-state index contributed by atoms with van der Waals surface area (Å²) < 4.78 is 0. The molecule has 1 aliphatic rings. The van der Waals surface area contributed by atoms with Crippen LogP contribution < -0.4 is 0 Å². The van der Waals surface area contributed by atoms with E-state index in [1.807, 2.05) is 18.2 Å². The number of halogens is 2. The van der Waals surface area contributed by atoms with Crippen LogP contribution in [-0.4, -0.2) is 11.1 Å². The first-order valence-electron chi connectivity index (χ1n) is 8.44. The van der Waals surface area contributed by atoms with Crippen LogP contribution in [0.4, 0.5) is 0 Å². The van der Waals surface area contributed by atoms with Crippen LogP contribution in [0.3, 0.4) is 0 Å². The van der Waals surface area contributed by atoms with E-state index in [0.29, 0.717) is 5.02 Å². The molecule has 2 nitrogen and oxygen atoms in total. The summed E-state index contributed by atoms with van der Waals surface area (Å²) in [6.07, 6.45) is 1.99. The Balaban J connectivity index is 1.78. The van der Waals surface area contributed by atoms with E-state index in [9.17, 15) is 9.90 Å². The van der Waals surface area contributed by atoms with Gasteiger partial charge in [0.15, 0.2) is 0 Å². The number of aromatic carboxylic acids is 1. The van der Waals surface area contributed by atoms with Gasteiger partial charge < -0.3 is 5.11 Å². The Hall–Kier alpha value is -2.29. The maximum absolute atomic E-state index is 11.3. The minimum atomic E-state index is -0.920. The van der Waals surface area contributed by atoms with Crippen molar-refractivity contribution in [3.8, 4) is 11.1 Å². The predicted molar refractivity (Wildman–Crippen MR) is 105 cm³/mol. The Morgan fingerprint density at radius 3 is 2.54 bits per heavy atom. The summed E-state index contributed by atoms with van der Waals surface area (Å²) in [6.45, 7) is 0. The zero-order valence-corrected chi connectivity index (χ0v) is 15.4. The molecule has 0 bridgehead atoms. The molecule has 3 aromatic carbocycles. The van der Waals surface area contributed by atoms with E-state index in [1.165, 1.54) is 11.1 Å². The third kappa shape index (κ3) is 3.11. The van der Waals surface area contributed by atoms with Gasteiger partial charge in [-0.15, -0.1) is 0 Å². The topological polar surface area (TPSA) is 37.3 Å². The third-order valence-electron chi connectivity index (χ3n) is 5.00. The summed E-state index contributed by atoms with van der Waals surface area (Å²) in [6, 6.07) is 19.0. The summed E-state index contributed by atoms with van der Waals surface area (Å²) in [4.78, 5) is 11.3. The Bertz CT molecular complexity index is 1010. The molecule has 26 heavy (non-hydrogen) atoms. The summed E-state index contributed by atoms with van der Waals surface area (Å²) in [5.41, 5.74) is 5.80. The fourth-order valence-electron chi connectivity index (χ4n) is 3.72. The van der Waals surface area contributed by atoms with Gasteiger partial charge in [0.25, 0.3) is 0 Å². The largest absolute Gasteiger partial charge is 0.478 e. The van der Waals surface area contributed by atoms with Crippen molar-refractivity contribution in [3.63, 3.8) is 0 Å². The Morgan fingerprint density at radius 2 is 1.73 bits per heavy atom. The van der Waals surface area contributed by atoms with E-state index < -0.39 is 5.97 Å². The minimum Gasteiger partial charge on any atom is -0.478 e. The summed E-state index contributed by atoms with van der Waals surface area (Å²) in [5, 5.41) is 10.6. The molecule has 1 aliphatic carbocycles. The van der Waals surface area contributed by atoms with Crippen LogP contribution in [0.1, 0.15) is 39.4 Å². The molecule has 3 aromatic rings. The Morgan fingerprint density at radius 1 is 0.923 bits per heavy atom. The molecule has 1 unspecified atom stereocenters. The molecular weight excluding hydrogens is 367 g/mol. The van der Waals surface area contributed by atoms with Crippen LogP contribution in [0.5, 0.6) is 0 Å². The molecule has 0 saturated carbocycles. The molecule has 0 radical (unpaired) electrons. The zero-order chi connectivity index (χ0) is 18.3. The lowest BCUT2D eigenvalue weighted by Crippen LogP contribution is -1.98. The number of carbonyl (C=O) groups is 1. The number of carboxylic acid groups (broad SMARTS) is 1. The van der Waals surface area contributed by atoms with Gasteiger partial charge in [-0.2, -0.15) is 0 Å². The molecule has 0 aliphatic heterocycles. The molecule has 0 amide bonds. The molecule has 1 N–H and O–H groups in total. The first-order chi connectivity index (χ1) is 12.5. The van der Waals surface area contributed by atoms with Crippen molar-refractivity contribution in [3.05, 3.63) is 93.0 Å². The number of aryl methyl sites for hydroxylation is 1. The lowest BCUT2D eigenvalue weighted by Gasteiger charge is -2.16. The monoisotopic (exact) mass is 382 g/mol. The average molecular weight is 383 g/mol. The average Bonchev–Trinajstić information content (AvgIpc) is 3.07. The third-order valence-corrected chi connectivity index (χ3v) is 5.58. The van der Waals surface area contributed by atoms with Crippen molar-refractivity contribution >= 4 is 29.2 Å². The van der Waals surface area contributed by atoms with Crippen molar-refractivity contribution in [1.29, 1.82) is 0 Å². The molecule has 0 fully saturated rings. The molecule has 130 valence electrons. The van der Waals surface area contributed by atoms with Crippen molar-refractivity contribution in [2.24, 2.45) is 0 Å². The number of benzene rings is 3. The van der Waals surface area contributed by atoms with Crippen LogP contribution in [0, 0.1) is 0 Å². The van der Waals surface area contributed by atoms with E-state index in [2.05, 4.69) is 18.2 Å². The van der Waals surface area contributed by atoms with Crippen LogP contribution in [0.15, 0.2) is 60.7 Å². The van der Waals surface area contributed by atoms with Crippen molar-refractivity contribution < 1.29 is 9.90 Å². The molecule has 0 spiro atoms. The van der Waals surface area contributed by atoms with Crippen molar-refractivity contribution in [2.45, 2.75) is 18.8 Å². The fraction of sp³-hybridized carbons (Fsp3) is 0.136. The quantitative estimate of drug-likeness (QED) is 0.565. The van der Waals surface area contributed by atoms with Gasteiger partial charge in [0.05, 0.1) is 5.56 Å². The highest BCUT2D eigenvalue weighted by Crippen LogP contribution is 2.43. The van der Waals surface area contributed by atoms with E-state index in [4.69, 9.17) is 23.2 Å². The van der Waals surface area contributed by atoms with Gasteiger partial charge in [-0.05, 0) is 71.0 Å². The standard InChI is InChI=1S/C22H16Cl2O2/c23-17-7-9-21(24)20(12-17)18-8-6-13-4-5-15(11-19(13)18)14-2-1-3-16(10-14)22(25)26/h1-5,7,9-12,18H,6,8H2,(H,25,26). The van der Waals surface area contributed by atoms with Crippen LogP contribution in [0.2, 0.25) is 10.0 Å². The SMILES string of the molecule is O=C(O)c1cccc(-c2ccc3c(c2)C(c2cc(Cl)ccc2Cl)CC3)c1. The fourth-order valence-corrected chi connectivity index (χ4v) is 4.15. The van der Waals surface area contributed by atoms with Crippen LogP contribution >= 0.6 is 23.2 Å². The molecule has 4 rings (SSSR count). The van der Waals surface area contributed by atoms with E-state index in [-0.39, 0.29) is 11.5 Å². The van der Waals surface area contributed by atoms with Gasteiger partial charge in [0, 0.05) is 16.0 Å². The Labute approximate surface area is 162 Å². The number of rotatable bonds is 3. The highest BCUT2D eigenvalue weighted by atomic mass is 35.5. The second-order valence-corrected chi connectivity index (χ2v) is 7.40. The summed E-state index contributed by atoms with van der Waals surface area (Å²) in [7, 11) is 0. The van der Waals surface area contributed by atoms with Gasteiger partial charge in [-0.3, -0.25) is 0 Å². The molecule has 0 heterocycles. The normalized spacial score (nSPS) is 15.7.